The number of rotatable bonds is 2. The monoisotopic (exact) mass is 171 g/mol. The predicted octanol–water partition coefficient (Wildman–Crippen LogP) is -0.0589. The standard InChI is InChI=1S/C7H14BNO3/c8-12-5-6-2-1-3-9(4-6)7(10)11/h6H,1-5,8H2,(H,10,11)/t6-/m1/s1. The van der Waals surface area contributed by atoms with Gasteiger partial charge in [-0.2, -0.15) is 0 Å². The maximum atomic E-state index is 10.6. The van der Waals surface area contributed by atoms with Crippen LogP contribution in [0.2, 0.25) is 0 Å². The summed E-state index contributed by atoms with van der Waals surface area (Å²) in [6, 6.07) is 0. The van der Waals surface area contributed by atoms with Gasteiger partial charge in [-0.15, -0.1) is 0 Å². The Balaban J connectivity index is 2.35. The molecule has 68 valence electrons. The van der Waals surface area contributed by atoms with Crippen LogP contribution in [0.4, 0.5) is 4.79 Å². The normalized spacial score (nSPS) is 24.0. The van der Waals surface area contributed by atoms with Gasteiger partial charge in [-0.25, -0.2) is 4.79 Å². The number of hydrogen-bond donors (Lipinski definition) is 1. The van der Waals surface area contributed by atoms with Crippen molar-refractivity contribution in [2.75, 3.05) is 19.7 Å². The van der Waals surface area contributed by atoms with E-state index in [1.807, 2.05) is 0 Å². The van der Waals surface area contributed by atoms with Crippen molar-refractivity contribution in [2.24, 2.45) is 5.92 Å². The van der Waals surface area contributed by atoms with Gasteiger partial charge in [0.1, 0.15) is 0 Å². The molecular weight excluding hydrogens is 157 g/mol. The second-order valence-electron chi connectivity index (χ2n) is 3.19. The number of nitrogens with zero attached hydrogens (tertiary/aromatic N) is 1. The molecule has 1 saturated heterocycles. The van der Waals surface area contributed by atoms with Gasteiger partial charge in [0.2, 0.25) is 0 Å². The van der Waals surface area contributed by atoms with E-state index in [0.717, 1.165) is 12.8 Å². The molecule has 0 saturated carbocycles. The molecule has 0 aromatic heterocycles. The summed E-state index contributed by atoms with van der Waals surface area (Å²) in [5, 5.41) is 8.71. The van der Waals surface area contributed by atoms with E-state index in [9.17, 15) is 4.79 Å². The van der Waals surface area contributed by atoms with Crippen molar-refractivity contribution in [1.82, 2.24) is 4.90 Å². The molecule has 1 rings (SSSR count). The molecule has 0 aromatic rings. The molecule has 4 nitrogen and oxygen atoms in total. The summed E-state index contributed by atoms with van der Waals surface area (Å²) in [5.74, 6) is 0.389. The number of carbonyl (C=O) groups is 1. The Morgan fingerprint density at radius 2 is 2.50 bits per heavy atom. The zero-order valence-corrected chi connectivity index (χ0v) is 7.32. The lowest BCUT2D eigenvalue weighted by Crippen LogP contribution is -2.40. The van der Waals surface area contributed by atoms with Crippen LogP contribution in [0.1, 0.15) is 12.8 Å². The molecule has 1 fully saturated rings. The lowest BCUT2D eigenvalue weighted by Gasteiger charge is -2.30. The molecule has 1 aliphatic heterocycles. The minimum Gasteiger partial charge on any atom is -0.465 e. The average molecular weight is 171 g/mol. The Morgan fingerprint density at radius 3 is 3.08 bits per heavy atom. The second-order valence-corrected chi connectivity index (χ2v) is 3.19. The first-order valence-electron chi connectivity index (χ1n) is 4.21. The zero-order chi connectivity index (χ0) is 8.97. The molecule has 0 bridgehead atoms. The van der Waals surface area contributed by atoms with E-state index < -0.39 is 6.09 Å². The SMILES string of the molecule is BOC[C@@H]1CCCN(C(=O)O)C1. The molecule has 1 heterocycles. The van der Waals surface area contributed by atoms with Crippen molar-refractivity contribution in [3.05, 3.63) is 0 Å². The smallest absolute Gasteiger partial charge is 0.407 e. The molecule has 0 spiro atoms. The van der Waals surface area contributed by atoms with Gasteiger partial charge in [0.25, 0.3) is 8.05 Å². The van der Waals surface area contributed by atoms with Crippen LogP contribution in [0.5, 0.6) is 0 Å². The third-order valence-electron chi connectivity index (χ3n) is 2.19. The number of likely N-dealkylation sites (tertiary alicyclic amines) is 1. The van der Waals surface area contributed by atoms with Crippen LogP contribution >= 0.6 is 0 Å². The molecule has 0 radical (unpaired) electrons. The van der Waals surface area contributed by atoms with Crippen molar-refractivity contribution in [3.63, 3.8) is 0 Å². The third kappa shape index (κ3) is 2.41. The highest BCUT2D eigenvalue weighted by molar-refractivity contribution is 5.97. The van der Waals surface area contributed by atoms with Crippen molar-refractivity contribution >= 4 is 14.1 Å². The molecule has 0 aromatic carbocycles. The molecule has 1 aliphatic rings. The molecule has 1 atom stereocenters. The van der Waals surface area contributed by atoms with Crippen LogP contribution in [-0.2, 0) is 4.65 Å². The van der Waals surface area contributed by atoms with E-state index in [4.69, 9.17) is 9.76 Å². The minimum atomic E-state index is -0.809. The highest BCUT2D eigenvalue weighted by Gasteiger charge is 2.22. The molecule has 1 amide bonds. The van der Waals surface area contributed by atoms with Crippen LogP contribution in [0.15, 0.2) is 0 Å². The molecule has 5 heteroatoms. The van der Waals surface area contributed by atoms with E-state index >= 15 is 0 Å². The van der Waals surface area contributed by atoms with Gasteiger partial charge in [0.05, 0.1) is 0 Å². The summed E-state index contributed by atoms with van der Waals surface area (Å²) in [6.45, 7) is 1.97. The van der Waals surface area contributed by atoms with Crippen LogP contribution in [0, 0.1) is 5.92 Å². The Kier molecular flexibility index (Phi) is 3.40. The summed E-state index contributed by atoms with van der Waals surface area (Å²) >= 11 is 0. The van der Waals surface area contributed by atoms with Crippen molar-refractivity contribution < 1.29 is 14.6 Å². The van der Waals surface area contributed by atoms with Crippen molar-refractivity contribution in [1.29, 1.82) is 0 Å². The Morgan fingerprint density at radius 1 is 1.75 bits per heavy atom. The molecule has 12 heavy (non-hydrogen) atoms. The maximum absolute atomic E-state index is 10.6. The highest BCUT2D eigenvalue weighted by atomic mass is 16.4. The van der Waals surface area contributed by atoms with Crippen molar-refractivity contribution in [3.8, 4) is 0 Å². The molecule has 0 unspecified atom stereocenters. The van der Waals surface area contributed by atoms with Crippen molar-refractivity contribution in [2.45, 2.75) is 12.8 Å². The van der Waals surface area contributed by atoms with Gasteiger partial charge >= 0.3 is 6.09 Å². The van der Waals surface area contributed by atoms with Gasteiger partial charge in [0.15, 0.2) is 0 Å². The second kappa shape index (κ2) is 4.35. The van der Waals surface area contributed by atoms with Crippen LogP contribution in [0.3, 0.4) is 0 Å². The Bertz CT molecular complexity index is 163. The van der Waals surface area contributed by atoms with Gasteiger partial charge in [0, 0.05) is 19.7 Å². The fourth-order valence-corrected chi connectivity index (χ4v) is 1.61. The molecular formula is C7H14BNO3. The van der Waals surface area contributed by atoms with E-state index in [1.54, 1.807) is 8.05 Å². The number of carboxylic acid groups (broad SMARTS) is 1. The van der Waals surface area contributed by atoms with E-state index in [1.165, 1.54) is 4.90 Å². The first kappa shape index (κ1) is 9.38. The number of amides is 1. The quantitative estimate of drug-likeness (QED) is 0.592. The molecule has 1 N–H and O–H groups in total. The first-order chi connectivity index (χ1) is 5.74. The highest BCUT2D eigenvalue weighted by Crippen LogP contribution is 2.16. The first-order valence-corrected chi connectivity index (χ1v) is 4.21. The van der Waals surface area contributed by atoms with Gasteiger partial charge in [-0.1, -0.05) is 0 Å². The Hall–Kier alpha value is -0.705. The largest absolute Gasteiger partial charge is 0.465 e. The topological polar surface area (TPSA) is 49.8 Å². The summed E-state index contributed by atoms with van der Waals surface area (Å²) in [4.78, 5) is 12.1. The summed E-state index contributed by atoms with van der Waals surface area (Å²) < 4.78 is 4.99. The molecule has 0 aliphatic carbocycles. The lowest BCUT2D eigenvalue weighted by molar-refractivity contribution is 0.106. The van der Waals surface area contributed by atoms with Crippen LogP contribution in [0.25, 0.3) is 0 Å². The number of hydrogen-bond acceptors (Lipinski definition) is 2. The van der Waals surface area contributed by atoms with E-state index in [0.29, 0.717) is 25.6 Å². The van der Waals surface area contributed by atoms with Crippen LogP contribution < -0.4 is 0 Å². The number of piperidine rings is 1. The van der Waals surface area contributed by atoms with E-state index in [-0.39, 0.29) is 0 Å². The van der Waals surface area contributed by atoms with E-state index in [2.05, 4.69) is 0 Å². The lowest BCUT2D eigenvalue weighted by atomic mass is 9.99. The van der Waals surface area contributed by atoms with Gasteiger partial charge in [-0.05, 0) is 18.8 Å². The average Bonchev–Trinajstić information content (AvgIpc) is 2.05. The fraction of sp³-hybridized carbons (Fsp3) is 0.857. The minimum absolute atomic E-state index is 0.389. The fourth-order valence-electron chi connectivity index (χ4n) is 1.61. The predicted molar refractivity (Wildman–Crippen MR) is 46.8 cm³/mol. The zero-order valence-electron chi connectivity index (χ0n) is 7.32. The Labute approximate surface area is 72.9 Å². The van der Waals surface area contributed by atoms with Crippen LogP contribution in [-0.4, -0.2) is 43.8 Å². The van der Waals surface area contributed by atoms with Gasteiger partial charge < -0.3 is 14.7 Å². The van der Waals surface area contributed by atoms with Gasteiger partial charge in [-0.3, -0.25) is 0 Å². The summed E-state index contributed by atoms with van der Waals surface area (Å²) in [5.41, 5.74) is 0. The third-order valence-corrected chi connectivity index (χ3v) is 2.19. The maximum Gasteiger partial charge on any atom is 0.407 e. The summed E-state index contributed by atoms with van der Waals surface area (Å²) in [7, 11) is 1.65. The summed E-state index contributed by atoms with van der Waals surface area (Å²) in [6.07, 6.45) is 1.23.